The summed E-state index contributed by atoms with van der Waals surface area (Å²) in [6, 6.07) is 13.9. The number of benzene rings is 1. The van der Waals surface area contributed by atoms with Crippen LogP contribution >= 0.6 is 11.8 Å². The standard InChI is InChI=1S/C19H23N3OS/c1-15-9-12-22(13-10-15)17-7-5-16(6-8-17)21-18(23)14-24-19-4-2-3-11-20-19/h2-8,11,15H,9-10,12-14H2,1H3,(H,21,23). The van der Waals surface area contributed by atoms with Crippen LogP contribution in [0.5, 0.6) is 0 Å². The number of hydrogen-bond acceptors (Lipinski definition) is 4. The summed E-state index contributed by atoms with van der Waals surface area (Å²) in [5.74, 6) is 1.18. The molecule has 1 amide bonds. The Hall–Kier alpha value is -2.01. The Labute approximate surface area is 147 Å². The molecular weight excluding hydrogens is 318 g/mol. The lowest BCUT2D eigenvalue weighted by Crippen LogP contribution is -2.32. The van der Waals surface area contributed by atoms with Gasteiger partial charge in [-0.1, -0.05) is 24.8 Å². The molecule has 1 aliphatic heterocycles. The third-order valence-electron chi connectivity index (χ3n) is 4.29. The molecule has 0 radical (unpaired) electrons. The highest BCUT2D eigenvalue weighted by atomic mass is 32.2. The molecule has 1 aromatic carbocycles. The summed E-state index contributed by atoms with van der Waals surface area (Å²) in [5, 5.41) is 3.81. The van der Waals surface area contributed by atoms with E-state index in [0.29, 0.717) is 5.75 Å². The zero-order valence-electron chi connectivity index (χ0n) is 13.9. The van der Waals surface area contributed by atoms with E-state index in [1.165, 1.54) is 30.3 Å². The van der Waals surface area contributed by atoms with Gasteiger partial charge in [-0.25, -0.2) is 4.98 Å². The molecule has 1 aliphatic rings. The minimum atomic E-state index is -0.00907. The van der Waals surface area contributed by atoms with Gasteiger partial charge in [-0.05, 0) is 55.2 Å². The Bertz CT molecular complexity index is 652. The summed E-state index contributed by atoms with van der Waals surface area (Å²) in [7, 11) is 0. The summed E-state index contributed by atoms with van der Waals surface area (Å²) in [6.07, 6.45) is 4.24. The molecule has 0 spiro atoms. The number of hydrogen-bond donors (Lipinski definition) is 1. The van der Waals surface area contributed by atoms with Gasteiger partial charge < -0.3 is 10.2 Å². The molecule has 1 fully saturated rings. The van der Waals surface area contributed by atoms with Crippen molar-refractivity contribution >= 4 is 29.0 Å². The monoisotopic (exact) mass is 341 g/mol. The highest BCUT2D eigenvalue weighted by molar-refractivity contribution is 7.99. The second-order valence-electron chi connectivity index (χ2n) is 6.22. The van der Waals surface area contributed by atoms with Crippen LogP contribution in [0.4, 0.5) is 11.4 Å². The number of carbonyl (C=O) groups excluding carboxylic acids is 1. The average Bonchev–Trinajstić information content (AvgIpc) is 2.62. The summed E-state index contributed by atoms with van der Waals surface area (Å²) >= 11 is 1.44. The molecule has 0 unspecified atom stereocenters. The third kappa shape index (κ3) is 4.74. The van der Waals surface area contributed by atoms with Gasteiger partial charge in [-0.15, -0.1) is 0 Å². The van der Waals surface area contributed by atoms with E-state index in [1.807, 2.05) is 30.3 Å². The van der Waals surface area contributed by atoms with Crippen LogP contribution < -0.4 is 10.2 Å². The lowest BCUT2D eigenvalue weighted by Gasteiger charge is -2.32. The van der Waals surface area contributed by atoms with Crippen LogP contribution in [0.25, 0.3) is 0 Å². The first kappa shape index (κ1) is 16.8. The number of amides is 1. The fraction of sp³-hybridized carbons (Fsp3) is 0.368. The predicted molar refractivity (Wildman–Crippen MR) is 101 cm³/mol. The molecule has 0 aliphatic carbocycles. The Balaban J connectivity index is 1.49. The van der Waals surface area contributed by atoms with Crippen molar-refractivity contribution in [2.75, 3.05) is 29.1 Å². The number of rotatable bonds is 5. The molecular formula is C19H23N3OS. The van der Waals surface area contributed by atoms with Crippen LogP contribution in [0, 0.1) is 5.92 Å². The van der Waals surface area contributed by atoms with Gasteiger partial charge in [0.25, 0.3) is 0 Å². The molecule has 0 bridgehead atoms. The maximum Gasteiger partial charge on any atom is 0.234 e. The lowest BCUT2D eigenvalue weighted by molar-refractivity contribution is -0.113. The number of carbonyl (C=O) groups is 1. The number of nitrogens with one attached hydrogen (secondary N) is 1. The van der Waals surface area contributed by atoms with Crippen LogP contribution in [0.1, 0.15) is 19.8 Å². The normalized spacial score (nSPS) is 15.3. The van der Waals surface area contributed by atoms with E-state index in [0.717, 1.165) is 29.7 Å². The van der Waals surface area contributed by atoms with Crippen LogP contribution in [-0.4, -0.2) is 29.7 Å². The SMILES string of the molecule is CC1CCN(c2ccc(NC(=O)CSc3ccccn3)cc2)CC1. The molecule has 1 aromatic heterocycles. The highest BCUT2D eigenvalue weighted by Crippen LogP contribution is 2.24. The van der Waals surface area contributed by atoms with Gasteiger partial charge >= 0.3 is 0 Å². The Morgan fingerprint density at radius 1 is 1.21 bits per heavy atom. The minimum absolute atomic E-state index is 0.00907. The largest absolute Gasteiger partial charge is 0.372 e. The second kappa shape index (κ2) is 8.20. The smallest absolute Gasteiger partial charge is 0.234 e. The van der Waals surface area contributed by atoms with Gasteiger partial charge in [0.15, 0.2) is 0 Å². The topological polar surface area (TPSA) is 45.2 Å². The number of anilines is 2. The Kier molecular flexibility index (Phi) is 5.75. The van der Waals surface area contributed by atoms with Crippen molar-refractivity contribution in [2.45, 2.75) is 24.8 Å². The quantitative estimate of drug-likeness (QED) is 0.834. The molecule has 4 nitrogen and oxygen atoms in total. The van der Waals surface area contributed by atoms with Crippen molar-refractivity contribution in [2.24, 2.45) is 5.92 Å². The first-order chi connectivity index (χ1) is 11.7. The number of thioether (sulfide) groups is 1. The zero-order chi connectivity index (χ0) is 16.8. The summed E-state index contributed by atoms with van der Waals surface area (Å²) < 4.78 is 0. The van der Waals surface area contributed by atoms with Gasteiger partial charge in [0.1, 0.15) is 0 Å². The van der Waals surface area contributed by atoms with Gasteiger partial charge in [-0.2, -0.15) is 0 Å². The van der Waals surface area contributed by atoms with Gasteiger partial charge in [0, 0.05) is 30.7 Å². The van der Waals surface area contributed by atoms with Crippen molar-refractivity contribution in [3.05, 3.63) is 48.7 Å². The number of pyridine rings is 1. The maximum atomic E-state index is 12.0. The molecule has 1 saturated heterocycles. The molecule has 2 aromatic rings. The van der Waals surface area contributed by atoms with E-state index in [1.54, 1.807) is 6.20 Å². The fourth-order valence-electron chi connectivity index (χ4n) is 2.79. The number of piperidine rings is 1. The lowest BCUT2D eigenvalue weighted by atomic mass is 9.99. The number of nitrogens with zero attached hydrogens (tertiary/aromatic N) is 2. The van der Waals surface area contributed by atoms with Crippen molar-refractivity contribution in [1.29, 1.82) is 0 Å². The van der Waals surface area contributed by atoms with E-state index >= 15 is 0 Å². The van der Waals surface area contributed by atoms with Gasteiger partial charge in [0.05, 0.1) is 10.8 Å². The summed E-state index contributed by atoms with van der Waals surface area (Å²) in [5.41, 5.74) is 2.08. The van der Waals surface area contributed by atoms with E-state index in [-0.39, 0.29) is 5.91 Å². The molecule has 24 heavy (non-hydrogen) atoms. The fourth-order valence-corrected chi connectivity index (χ4v) is 3.45. The molecule has 5 heteroatoms. The predicted octanol–water partition coefficient (Wildman–Crippen LogP) is 4.05. The first-order valence-electron chi connectivity index (χ1n) is 8.39. The van der Waals surface area contributed by atoms with Crippen LogP contribution in [0.15, 0.2) is 53.7 Å². The average molecular weight is 341 g/mol. The van der Waals surface area contributed by atoms with Crippen LogP contribution in [0.2, 0.25) is 0 Å². The van der Waals surface area contributed by atoms with E-state index in [2.05, 4.69) is 34.3 Å². The van der Waals surface area contributed by atoms with Crippen LogP contribution in [-0.2, 0) is 4.79 Å². The molecule has 126 valence electrons. The third-order valence-corrected chi connectivity index (χ3v) is 5.23. The Morgan fingerprint density at radius 3 is 2.62 bits per heavy atom. The van der Waals surface area contributed by atoms with Gasteiger partial charge in [0.2, 0.25) is 5.91 Å². The molecule has 0 saturated carbocycles. The van der Waals surface area contributed by atoms with Gasteiger partial charge in [-0.3, -0.25) is 4.79 Å². The highest BCUT2D eigenvalue weighted by Gasteiger charge is 2.15. The maximum absolute atomic E-state index is 12.0. The molecule has 0 atom stereocenters. The van der Waals surface area contributed by atoms with E-state index < -0.39 is 0 Å². The second-order valence-corrected chi connectivity index (χ2v) is 7.22. The molecule has 2 heterocycles. The number of aromatic nitrogens is 1. The Morgan fingerprint density at radius 2 is 1.96 bits per heavy atom. The van der Waals surface area contributed by atoms with E-state index in [4.69, 9.17) is 0 Å². The molecule has 1 N–H and O–H groups in total. The van der Waals surface area contributed by atoms with E-state index in [9.17, 15) is 4.79 Å². The summed E-state index contributed by atoms with van der Waals surface area (Å²) in [4.78, 5) is 18.7. The molecule has 3 rings (SSSR count). The minimum Gasteiger partial charge on any atom is -0.372 e. The van der Waals surface area contributed by atoms with Crippen LogP contribution in [0.3, 0.4) is 0 Å². The first-order valence-corrected chi connectivity index (χ1v) is 9.38. The van der Waals surface area contributed by atoms with Crippen molar-refractivity contribution in [3.63, 3.8) is 0 Å². The summed E-state index contributed by atoms with van der Waals surface area (Å²) in [6.45, 7) is 4.56. The van der Waals surface area contributed by atoms with Crippen molar-refractivity contribution < 1.29 is 4.79 Å². The van der Waals surface area contributed by atoms with Crippen molar-refractivity contribution in [3.8, 4) is 0 Å². The van der Waals surface area contributed by atoms with Crippen molar-refractivity contribution in [1.82, 2.24) is 4.98 Å². The zero-order valence-corrected chi connectivity index (χ0v) is 14.8.